The molecule has 0 aliphatic carbocycles. The van der Waals surface area contributed by atoms with Crippen molar-refractivity contribution in [2.45, 2.75) is 5.03 Å². The van der Waals surface area contributed by atoms with Crippen molar-refractivity contribution in [3.05, 3.63) is 17.3 Å². The molecule has 0 unspecified atom stereocenters. The van der Waals surface area contributed by atoms with Crippen LogP contribution in [0.3, 0.4) is 0 Å². The summed E-state index contributed by atoms with van der Waals surface area (Å²) in [6.07, 6.45) is 0. The number of rotatable bonds is 5. The molecule has 0 saturated heterocycles. The Kier molecular flexibility index (Phi) is 4.49. The van der Waals surface area contributed by atoms with Crippen LogP contribution in [-0.4, -0.2) is 49.5 Å². The summed E-state index contributed by atoms with van der Waals surface area (Å²) >= 11 is 5.71. The number of carboxylic acid groups (broad SMARTS) is 1. The number of carbonyl (C=O) groups is 1. The van der Waals surface area contributed by atoms with Gasteiger partial charge in [0.15, 0.2) is 22.5 Å². The minimum Gasteiger partial charge on any atom is -0.479 e. The first-order valence-electron chi connectivity index (χ1n) is 4.69. The van der Waals surface area contributed by atoms with Crippen LogP contribution in [0.5, 0.6) is 5.75 Å². The summed E-state index contributed by atoms with van der Waals surface area (Å²) < 4.78 is 29.3. The minimum absolute atomic E-state index is 0.0109. The van der Waals surface area contributed by atoms with E-state index in [1.807, 2.05) is 0 Å². The SMILES string of the molecule is CN(C)S(=O)(=O)c1ccc(OCC(=O)O)c(Cl)n1. The third-order valence-corrected chi connectivity index (χ3v) is 3.87. The van der Waals surface area contributed by atoms with Crippen molar-refractivity contribution in [3.8, 4) is 5.75 Å². The lowest BCUT2D eigenvalue weighted by molar-refractivity contribution is -0.139. The molecule has 9 heteroatoms. The van der Waals surface area contributed by atoms with Gasteiger partial charge in [0, 0.05) is 14.1 Å². The molecule has 0 saturated carbocycles. The summed E-state index contributed by atoms with van der Waals surface area (Å²) in [5.74, 6) is -1.16. The predicted octanol–water partition coefficient (Wildman–Crippen LogP) is 0.449. The Morgan fingerprint density at radius 3 is 2.56 bits per heavy atom. The molecule has 100 valence electrons. The number of halogens is 1. The highest BCUT2D eigenvalue weighted by atomic mass is 35.5. The van der Waals surface area contributed by atoms with Gasteiger partial charge in [0.25, 0.3) is 10.0 Å². The van der Waals surface area contributed by atoms with E-state index in [0.717, 1.165) is 4.31 Å². The van der Waals surface area contributed by atoms with E-state index >= 15 is 0 Å². The van der Waals surface area contributed by atoms with Crippen molar-refractivity contribution in [3.63, 3.8) is 0 Å². The number of pyridine rings is 1. The quantitative estimate of drug-likeness (QED) is 0.792. The van der Waals surface area contributed by atoms with Crippen LogP contribution < -0.4 is 4.74 Å². The van der Waals surface area contributed by atoms with Crippen LogP contribution in [0.1, 0.15) is 0 Å². The monoisotopic (exact) mass is 294 g/mol. The van der Waals surface area contributed by atoms with Crippen molar-refractivity contribution < 1.29 is 23.1 Å². The van der Waals surface area contributed by atoms with Crippen LogP contribution >= 0.6 is 11.6 Å². The number of nitrogens with zero attached hydrogens (tertiary/aromatic N) is 2. The van der Waals surface area contributed by atoms with Gasteiger partial charge in [0.1, 0.15) is 0 Å². The highest BCUT2D eigenvalue weighted by Gasteiger charge is 2.20. The van der Waals surface area contributed by atoms with E-state index in [9.17, 15) is 13.2 Å². The number of ether oxygens (including phenoxy) is 1. The molecule has 0 aliphatic heterocycles. The average molecular weight is 295 g/mol. The van der Waals surface area contributed by atoms with Gasteiger partial charge in [0.2, 0.25) is 0 Å². The summed E-state index contributed by atoms with van der Waals surface area (Å²) in [4.78, 5) is 14.0. The van der Waals surface area contributed by atoms with E-state index in [1.165, 1.54) is 26.2 Å². The fourth-order valence-corrected chi connectivity index (χ4v) is 2.06. The maximum absolute atomic E-state index is 11.7. The van der Waals surface area contributed by atoms with Crippen LogP contribution in [0.4, 0.5) is 0 Å². The predicted molar refractivity (Wildman–Crippen MR) is 63.3 cm³/mol. The van der Waals surface area contributed by atoms with Crippen LogP contribution in [0.15, 0.2) is 17.2 Å². The smallest absolute Gasteiger partial charge is 0.341 e. The van der Waals surface area contributed by atoms with Gasteiger partial charge >= 0.3 is 5.97 Å². The lowest BCUT2D eigenvalue weighted by Gasteiger charge is -2.11. The lowest BCUT2D eigenvalue weighted by Crippen LogP contribution is -2.23. The lowest BCUT2D eigenvalue weighted by atomic mass is 10.4. The molecule has 0 bridgehead atoms. The highest BCUT2D eigenvalue weighted by molar-refractivity contribution is 7.89. The maximum atomic E-state index is 11.7. The van der Waals surface area contributed by atoms with Crippen molar-refractivity contribution >= 4 is 27.6 Å². The van der Waals surface area contributed by atoms with Crippen molar-refractivity contribution in [1.29, 1.82) is 0 Å². The van der Waals surface area contributed by atoms with E-state index < -0.39 is 22.6 Å². The van der Waals surface area contributed by atoms with Crippen molar-refractivity contribution in [1.82, 2.24) is 9.29 Å². The van der Waals surface area contributed by atoms with Crippen LogP contribution in [0.25, 0.3) is 0 Å². The van der Waals surface area contributed by atoms with Gasteiger partial charge in [-0.1, -0.05) is 11.6 Å². The van der Waals surface area contributed by atoms with Crippen LogP contribution in [0, 0.1) is 0 Å². The summed E-state index contributed by atoms with van der Waals surface area (Å²) in [7, 11) is -0.960. The molecule has 1 aromatic heterocycles. The van der Waals surface area contributed by atoms with E-state index in [4.69, 9.17) is 21.4 Å². The van der Waals surface area contributed by atoms with Crippen molar-refractivity contribution in [2.75, 3.05) is 20.7 Å². The number of aromatic nitrogens is 1. The Bertz CT molecular complexity index is 558. The average Bonchev–Trinajstić information content (AvgIpc) is 2.26. The fourth-order valence-electron chi connectivity index (χ4n) is 0.983. The molecule has 0 amide bonds. The van der Waals surface area contributed by atoms with Gasteiger partial charge in [-0.15, -0.1) is 0 Å². The minimum atomic E-state index is -3.68. The van der Waals surface area contributed by atoms with Gasteiger partial charge in [0.05, 0.1) is 0 Å². The van der Waals surface area contributed by atoms with Gasteiger partial charge < -0.3 is 9.84 Å². The van der Waals surface area contributed by atoms with Gasteiger partial charge in [-0.2, -0.15) is 0 Å². The number of aliphatic carboxylic acids is 1. The molecule has 7 nitrogen and oxygen atoms in total. The Morgan fingerprint density at radius 1 is 1.50 bits per heavy atom. The van der Waals surface area contributed by atoms with Gasteiger partial charge in [-0.05, 0) is 12.1 Å². The first-order valence-corrected chi connectivity index (χ1v) is 6.50. The molecule has 0 radical (unpaired) electrons. The Labute approximate surface area is 109 Å². The molecule has 1 aromatic rings. The molecule has 1 heterocycles. The molecular formula is C9H11ClN2O5S. The Hall–Kier alpha value is -1.38. The van der Waals surface area contributed by atoms with E-state index in [-0.39, 0.29) is 15.9 Å². The first kappa shape index (κ1) is 14.7. The molecule has 0 aliphatic rings. The molecule has 0 fully saturated rings. The Balaban J connectivity index is 3.03. The normalized spacial score (nSPS) is 11.6. The molecule has 0 atom stereocenters. The van der Waals surface area contributed by atoms with Crippen LogP contribution in [-0.2, 0) is 14.8 Å². The number of sulfonamides is 1. The largest absolute Gasteiger partial charge is 0.479 e. The molecule has 18 heavy (non-hydrogen) atoms. The van der Waals surface area contributed by atoms with Crippen LogP contribution in [0.2, 0.25) is 5.15 Å². The molecular weight excluding hydrogens is 284 g/mol. The highest BCUT2D eigenvalue weighted by Crippen LogP contribution is 2.24. The maximum Gasteiger partial charge on any atom is 0.341 e. The number of carboxylic acids is 1. The van der Waals surface area contributed by atoms with Crippen molar-refractivity contribution in [2.24, 2.45) is 0 Å². The fraction of sp³-hybridized carbons (Fsp3) is 0.333. The second-order valence-electron chi connectivity index (χ2n) is 3.41. The summed E-state index contributed by atoms with van der Waals surface area (Å²) in [6.45, 7) is -0.582. The molecule has 1 rings (SSSR count). The second kappa shape index (κ2) is 5.51. The molecule has 0 spiro atoms. The third kappa shape index (κ3) is 3.31. The number of hydrogen-bond acceptors (Lipinski definition) is 5. The zero-order valence-electron chi connectivity index (χ0n) is 9.62. The summed E-state index contributed by atoms with van der Waals surface area (Å²) in [6, 6.07) is 2.45. The third-order valence-electron chi connectivity index (χ3n) is 1.89. The standard InChI is InChI=1S/C9H11ClN2O5S/c1-12(2)18(15,16)7-4-3-6(9(10)11-7)17-5-8(13)14/h3-4H,5H2,1-2H3,(H,13,14). The molecule has 0 aromatic carbocycles. The summed E-state index contributed by atoms with van der Waals surface area (Å²) in [5, 5.41) is 7.99. The van der Waals surface area contributed by atoms with E-state index in [0.29, 0.717) is 0 Å². The van der Waals surface area contributed by atoms with Gasteiger partial charge in [-0.3, -0.25) is 0 Å². The number of hydrogen-bond donors (Lipinski definition) is 1. The van der Waals surface area contributed by atoms with E-state index in [1.54, 1.807) is 0 Å². The zero-order valence-corrected chi connectivity index (χ0v) is 11.2. The first-order chi connectivity index (χ1) is 8.25. The topological polar surface area (TPSA) is 96.8 Å². The zero-order chi connectivity index (χ0) is 13.9. The van der Waals surface area contributed by atoms with Gasteiger partial charge in [-0.25, -0.2) is 22.5 Å². The van der Waals surface area contributed by atoms with E-state index in [2.05, 4.69) is 4.98 Å². The second-order valence-corrected chi connectivity index (χ2v) is 5.86. The summed E-state index contributed by atoms with van der Waals surface area (Å²) in [5.41, 5.74) is 0. The Morgan fingerprint density at radius 2 is 2.11 bits per heavy atom. The molecule has 1 N–H and O–H groups in total.